The van der Waals surface area contributed by atoms with Crippen LogP contribution >= 0.6 is 15.9 Å². The van der Waals surface area contributed by atoms with E-state index in [2.05, 4.69) is 37.9 Å². The number of nitrogens with zero attached hydrogens (tertiary/aromatic N) is 5. The number of nitrogen functional groups attached to an aromatic ring is 1. The molecular formula is C22H21BrFN6O. The number of aromatic nitrogens is 5. The maximum absolute atomic E-state index is 14.2. The number of nitrogens with two attached hydrogens (primary N) is 1. The van der Waals surface area contributed by atoms with E-state index in [-0.39, 0.29) is 11.6 Å². The molecule has 31 heavy (non-hydrogen) atoms. The molecule has 0 aliphatic carbocycles. The molecule has 0 saturated heterocycles. The van der Waals surface area contributed by atoms with Crippen LogP contribution in [-0.4, -0.2) is 24.3 Å². The number of hydrogen-bond acceptors (Lipinski definition) is 5. The highest BCUT2D eigenvalue weighted by Gasteiger charge is 2.21. The Morgan fingerprint density at radius 3 is 2.81 bits per heavy atom. The topological polar surface area (TPSA) is 83.8 Å². The van der Waals surface area contributed by atoms with Crippen LogP contribution in [0.4, 0.5) is 10.2 Å². The maximum Gasteiger partial charge on any atom is 0.166 e. The summed E-state index contributed by atoms with van der Waals surface area (Å²) in [6.07, 6.45) is 6.48. The number of imidazole rings is 1. The summed E-state index contributed by atoms with van der Waals surface area (Å²) in [6, 6.07) is 6.39. The van der Waals surface area contributed by atoms with Crippen molar-refractivity contribution >= 4 is 21.7 Å². The van der Waals surface area contributed by atoms with E-state index >= 15 is 0 Å². The van der Waals surface area contributed by atoms with Gasteiger partial charge in [-0.2, -0.15) is 5.10 Å². The molecule has 4 rings (SSSR count). The van der Waals surface area contributed by atoms with Crippen LogP contribution in [0.5, 0.6) is 5.75 Å². The van der Waals surface area contributed by atoms with E-state index < -0.39 is 6.10 Å². The molecule has 1 aromatic carbocycles. The van der Waals surface area contributed by atoms with Crippen LogP contribution in [0.3, 0.4) is 0 Å². The maximum atomic E-state index is 14.2. The Balaban J connectivity index is 1.74. The first-order valence-corrected chi connectivity index (χ1v) is 10.3. The van der Waals surface area contributed by atoms with E-state index in [4.69, 9.17) is 10.5 Å². The third kappa shape index (κ3) is 4.46. The Labute approximate surface area is 187 Å². The van der Waals surface area contributed by atoms with Gasteiger partial charge < -0.3 is 15.0 Å². The summed E-state index contributed by atoms with van der Waals surface area (Å²) in [5.74, 6) is 0.330. The molecule has 3 aromatic heterocycles. The van der Waals surface area contributed by atoms with Crippen LogP contribution < -0.4 is 10.5 Å². The second-order valence-electron chi connectivity index (χ2n) is 7.21. The quantitative estimate of drug-likeness (QED) is 0.435. The number of halogens is 2. The number of hydrogen-bond donors (Lipinski definition) is 1. The standard InChI is InChI=1S/C22H21BrFN6O/c1-13-10-30(12-27-13)11-15-8-28-29(3)21(15)18-5-4-17(24)7-19(18)14(2)31-20-6-16(23)9-26-22(20)25/h4-10,12,14H,1,11H2,2-3H3,(H2,25,26). The predicted molar refractivity (Wildman–Crippen MR) is 120 cm³/mol. The Hall–Kier alpha value is -3.20. The largest absolute Gasteiger partial charge is 0.482 e. The molecule has 1 unspecified atom stereocenters. The lowest BCUT2D eigenvalue weighted by molar-refractivity contribution is 0.227. The third-order valence-electron chi connectivity index (χ3n) is 4.91. The molecule has 0 bridgehead atoms. The minimum absolute atomic E-state index is 0.262. The monoisotopic (exact) mass is 483 g/mol. The van der Waals surface area contributed by atoms with Crippen molar-refractivity contribution in [2.45, 2.75) is 19.6 Å². The number of rotatable bonds is 6. The van der Waals surface area contributed by atoms with Gasteiger partial charge in [0.1, 0.15) is 11.9 Å². The first-order valence-electron chi connectivity index (χ1n) is 9.54. The van der Waals surface area contributed by atoms with E-state index in [0.717, 1.165) is 21.3 Å². The zero-order chi connectivity index (χ0) is 22.1. The molecular weight excluding hydrogens is 463 g/mol. The summed E-state index contributed by atoms with van der Waals surface area (Å²) in [5, 5.41) is 4.43. The lowest BCUT2D eigenvalue weighted by Gasteiger charge is -2.20. The summed E-state index contributed by atoms with van der Waals surface area (Å²) in [5.41, 5.74) is 9.97. The van der Waals surface area contributed by atoms with Crippen molar-refractivity contribution in [3.63, 3.8) is 0 Å². The number of aryl methyl sites for hydroxylation is 1. The van der Waals surface area contributed by atoms with Crippen molar-refractivity contribution in [3.8, 4) is 17.0 Å². The Morgan fingerprint density at radius 1 is 1.26 bits per heavy atom. The van der Waals surface area contributed by atoms with Crippen LogP contribution in [0.15, 0.2) is 53.7 Å². The highest BCUT2D eigenvalue weighted by molar-refractivity contribution is 9.10. The lowest BCUT2D eigenvalue weighted by atomic mass is 9.97. The predicted octanol–water partition coefficient (Wildman–Crippen LogP) is 4.53. The van der Waals surface area contributed by atoms with Gasteiger partial charge in [-0.3, -0.25) is 4.68 Å². The molecule has 1 radical (unpaired) electrons. The van der Waals surface area contributed by atoms with Crippen molar-refractivity contribution in [1.29, 1.82) is 0 Å². The van der Waals surface area contributed by atoms with Crippen LogP contribution in [0.1, 0.15) is 29.8 Å². The van der Waals surface area contributed by atoms with Gasteiger partial charge in [0.15, 0.2) is 11.6 Å². The number of pyridine rings is 1. The number of ether oxygens (including phenoxy) is 1. The summed E-state index contributed by atoms with van der Waals surface area (Å²) in [6.45, 7) is 6.24. The van der Waals surface area contributed by atoms with E-state index in [1.165, 1.54) is 12.1 Å². The zero-order valence-electron chi connectivity index (χ0n) is 17.1. The van der Waals surface area contributed by atoms with E-state index in [1.807, 2.05) is 24.7 Å². The van der Waals surface area contributed by atoms with Gasteiger partial charge in [-0.25, -0.2) is 14.4 Å². The van der Waals surface area contributed by atoms with Crippen LogP contribution in [0.25, 0.3) is 11.3 Å². The zero-order valence-corrected chi connectivity index (χ0v) is 18.7. The van der Waals surface area contributed by atoms with Gasteiger partial charge in [0, 0.05) is 40.6 Å². The summed E-state index contributed by atoms with van der Waals surface area (Å²) in [7, 11) is 1.86. The van der Waals surface area contributed by atoms with Gasteiger partial charge >= 0.3 is 0 Å². The molecule has 0 fully saturated rings. The summed E-state index contributed by atoms with van der Waals surface area (Å²) in [4.78, 5) is 8.27. The van der Waals surface area contributed by atoms with Crippen LogP contribution in [0, 0.1) is 12.7 Å². The van der Waals surface area contributed by atoms with E-state index in [0.29, 0.717) is 23.6 Å². The Morgan fingerprint density at radius 2 is 2.06 bits per heavy atom. The van der Waals surface area contributed by atoms with Crippen LogP contribution in [-0.2, 0) is 13.6 Å². The molecule has 9 heteroatoms. The SMILES string of the molecule is [CH2]c1cn(Cc2cnn(C)c2-c2ccc(F)cc2C(C)Oc2cc(Br)cnc2N)cn1. The van der Waals surface area contributed by atoms with Crippen molar-refractivity contribution < 1.29 is 9.13 Å². The van der Waals surface area contributed by atoms with Gasteiger partial charge in [-0.15, -0.1) is 0 Å². The minimum atomic E-state index is -0.494. The fourth-order valence-corrected chi connectivity index (χ4v) is 3.81. The van der Waals surface area contributed by atoms with Crippen LogP contribution in [0.2, 0.25) is 0 Å². The van der Waals surface area contributed by atoms with Gasteiger partial charge in [0.25, 0.3) is 0 Å². The van der Waals surface area contributed by atoms with E-state index in [9.17, 15) is 4.39 Å². The Bertz CT molecular complexity index is 1230. The van der Waals surface area contributed by atoms with Gasteiger partial charge in [0.2, 0.25) is 0 Å². The van der Waals surface area contributed by atoms with Crippen molar-refractivity contribution in [2.75, 3.05) is 5.73 Å². The molecule has 0 amide bonds. The molecule has 0 aliphatic rings. The van der Waals surface area contributed by atoms with E-state index in [1.54, 1.807) is 35.5 Å². The van der Waals surface area contributed by atoms with Crippen molar-refractivity contribution in [3.05, 3.63) is 83.2 Å². The average molecular weight is 484 g/mol. The molecule has 0 spiro atoms. The Kier molecular flexibility index (Phi) is 5.77. The highest BCUT2D eigenvalue weighted by Crippen LogP contribution is 2.35. The molecule has 0 saturated carbocycles. The molecule has 3 heterocycles. The second-order valence-corrected chi connectivity index (χ2v) is 8.12. The molecule has 1 atom stereocenters. The fourth-order valence-electron chi connectivity index (χ4n) is 3.50. The molecule has 0 aliphatic heterocycles. The smallest absolute Gasteiger partial charge is 0.166 e. The van der Waals surface area contributed by atoms with Crippen molar-refractivity contribution in [1.82, 2.24) is 24.3 Å². The number of anilines is 1. The van der Waals surface area contributed by atoms with Gasteiger partial charge in [0.05, 0.1) is 30.5 Å². The third-order valence-corrected chi connectivity index (χ3v) is 5.35. The second kappa shape index (κ2) is 8.50. The van der Waals surface area contributed by atoms with Gasteiger partial charge in [-0.1, -0.05) is 0 Å². The molecule has 7 nitrogen and oxygen atoms in total. The molecule has 2 N–H and O–H groups in total. The molecule has 159 valence electrons. The lowest BCUT2D eigenvalue weighted by Crippen LogP contribution is -2.09. The number of benzene rings is 1. The van der Waals surface area contributed by atoms with Gasteiger partial charge in [-0.05, 0) is 54.0 Å². The molecule has 4 aromatic rings. The first kappa shape index (κ1) is 21.0. The summed E-state index contributed by atoms with van der Waals surface area (Å²) < 4.78 is 24.8. The average Bonchev–Trinajstić information content (AvgIpc) is 3.30. The first-order chi connectivity index (χ1) is 14.8. The van der Waals surface area contributed by atoms with Crippen molar-refractivity contribution in [2.24, 2.45) is 7.05 Å². The fraction of sp³-hybridized carbons (Fsp3) is 0.182. The minimum Gasteiger partial charge on any atom is -0.482 e. The summed E-state index contributed by atoms with van der Waals surface area (Å²) >= 11 is 3.37. The normalized spacial score (nSPS) is 12.2. The highest BCUT2D eigenvalue weighted by atomic mass is 79.9.